The first-order valence-electron chi connectivity index (χ1n) is 9.55. The molecule has 0 radical (unpaired) electrons. The van der Waals surface area contributed by atoms with Crippen molar-refractivity contribution in [2.24, 2.45) is 0 Å². The summed E-state index contributed by atoms with van der Waals surface area (Å²) in [6.07, 6.45) is 0. The van der Waals surface area contributed by atoms with Gasteiger partial charge in [-0.05, 0) is 49.2 Å². The van der Waals surface area contributed by atoms with Crippen molar-refractivity contribution in [3.05, 3.63) is 95.6 Å². The number of aryl methyl sites for hydroxylation is 1. The Hall–Kier alpha value is -3.05. The molecule has 29 heavy (non-hydrogen) atoms. The molecule has 0 saturated heterocycles. The van der Waals surface area contributed by atoms with Crippen molar-refractivity contribution in [1.82, 2.24) is 5.32 Å². The van der Waals surface area contributed by atoms with Gasteiger partial charge in [-0.3, -0.25) is 9.59 Å². The summed E-state index contributed by atoms with van der Waals surface area (Å²) in [4.78, 5) is 26.4. The SMILES string of the molecule is CCNC(=O)c1ccc(C)c(NC(=O)C(Sc2ccccc2)c2ccccc2)c1. The van der Waals surface area contributed by atoms with Crippen LogP contribution in [0.25, 0.3) is 0 Å². The molecule has 0 aliphatic heterocycles. The normalized spacial score (nSPS) is 11.5. The lowest BCUT2D eigenvalue weighted by Crippen LogP contribution is -2.23. The molecule has 0 heterocycles. The van der Waals surface area contributed by atoms with E-state index in [4.69, 9.17) is 0 Å². The second kappa shape index (κ2) is 9.94. The molecule has 0 saturated carbocycles. The van der Waals surface area contributed by atoms with Crippen LogP contribution in [0.2, 0.25) is 0 Å². The van der Waals surface area contributed by atoms with Gasteiger partial charge in [0.25, 0.3) is 5.91 Å². The van der Waals surface area contributed by atoms with Crippen molar-refractivity contribution < 1.29 is 9.59 Å². The highest BCUT2D eigenvalue weighted by atomic mass is 32.2. The molecular weight excluding hydrogens is 380 g/mol. The molecular formula is C24H24N2O2S. The van der Waals surface area contributed by atoms with Crippen LogP contribution >= 0.6 is 11.8 Å². The standard InChI is InChI=1S/C24H24N2O2S/c1-3-25-23(27)19-15-14-17(2)21(16-19)26-24(28)22(18-10-6-4-7-11-18)29-20-12-8-5-9-13-20/h4-16,22H,3H2,1-2H3,(H,25,27)(H,26,28). The lowest BCUT2D eigenvalue weighted by atomic mass is 10.1. The van der Waals surface area contributed by atoms with E-state index in [1.54, 1.807) is 12.1 Å². The zero-order valence-electron chi connectivity index (χ0n) is 16.5. The number of hydrogen-bond acceptors (Lipinski definition) is 3. The second-order valence-corrected chi connectivity index (χ2v) is 7.78. The van der Waals surface area contributed by atoms with E-state index in [0.29, 0.717) is 17.8 Å². The predicted molar refractivity (Wildman–Crippen MR) is 119 cm³/mol. The summed E-state index contributed by atoms with van der Waals surface area (Å²) in [5.41, 5.74) is 3.01. The number of amides is 2. The summed E-state index contributed by atoms with van der Waals surface area (Å²) in [5.74, 6) is -0.275. The molecule has 0 spiro atoms. The van der Waals surface area contributed by atoms with Crippen LogP contribution in [0.3, 0.4) is 0 Å². The van der Waals surface area contributed by atoms with Crippen LogP contribution in [-0.2, 0) is 4.79 Å². The molecule has 0 fully saturated rings. The highest BCUT2D eigenvalue weighted by Crippen LogP contribution is 2.36. The zero-order valence-corrected chi connectivity index (χ0v) is 17.3. The Morgan fingerprint density at radius 3 is 2.24 bits per heavy atom. The first-order valence-corrected chi connectivity index (χ1v) is 10.4. The highest BCUT2D eigenvalue weighted by Gasteiger charge is 2.23. The fraction of sp³-hybridized carbons (Fsp3) is 0.167. The Bertz CT molecular complexity index is 975. The number of carbonyl (C=O) groups excluding carboxylic acids is 2. The van der Waals surface area contributed by atoms with Crippen molar-refractivity contribution >= 4 is 29.3 Å². The number of nitrogens with one attached hydrogen (secondary N) is 2. The first-order chi connectivity index (χ1) is 14.1. The first kappa shape index (κ1) is 20.7. The average molecular weight is 405 g/mol. The molecule has 0 aliphatic rings. The van der Waals surface area contributed by atoms with E-state index in [9.17, 15) is 9.59 Å². The van der Waals surface area contributed by atoms with Crippen LogP contribution < -0.4 is 10.6 Å². The molecule has 0 bridgehead atoms. The van der Waals surface area contributed by atoms with Crippen LogP contribution in [0.1, 0.15) is 33.7 Å². The Balaban J connectivity index is 1.87. The maximum absolute atomic E-state index is 13.2. The molecule has 2 amide bonds. The molecule has 0 aromatic heterocycles. The number of benzene rings is 3. The molecule has 3 aromatic rings. The number of anilines is 1. The zero-order chi connectivity index (χ0) is 20.6. The van der Waals surface area contributed by atoms with Crippen molar-refractivity contribution in [1.29, 1.82) is 0 Å². The maximum Gasteiger partial charge on any atom is 0.251 e. The minimum absolute atomic E-state index is 0.124. The van der Waals surface area contributed by atoms with E-state index in [1.807, 2.05) is 80.6 Å². The van der Waals surface area contributed by atoms with E-state index in [-0.39, 0.29) is 11.8 Å². The van der Waals surface area contributed by atoms with E-state index < -0.39 is 5.25 Å². The van der Waals surface area contributed by atoms with Gasteiger partial charge in [0.1, 0.15) is 5.25 Å². The van der Waals surface area contributed by atoms with Gasteiger partial charge in [-0.2, -0.15) is 0 Å². The van der Waals surface area contributed by atoms with Crippen molar-refractivity contribution in [3.63, 3.8) is 0 Å². The van der Waals surface area contributed by atoms with Crippen LogP contribution in [0.4, 0.5) is 5.69 Å². The van der Waals surface area contributed by atoms with Crippen LogP contribution in [-0.4, -0.2) is 18.4 Å². The quantitative estimate of drug-likeness (QED) is 0.531. The Kier molecular flexibility index (Phi) is 7.09. The monoisotopic (exact) mass is 404 g/mol. The van der Waals surface area contributed by atoms with E-state index in [0.717, 1.165) is 16.0 Å². The van der Waals surface area contributed by atoms with Gasteiger partial charge >= 0.3 is 0 Å². The minimum Gasteiger partial charge on any atom is -0.352 e. The van der Waals surface area contributed by atoms with Crippen LogP contribution in [0, 0.1) is 6.92 Å². The van der Waals surface area contributed by atoms with Gasteiger partial charge in [-0.15, -0.1) is 11.8 Å². The molecule has 5 heteroatoms. The predicted octanol–water partition coefficient (Wildman–Crippen LogP) is 5.22. The number of thioether (sulfide) groups is 1. The van der Waals surface area contributed by atoms with Crippen LogP contribution in [0.5, 0.6) is 0 Å². The molecule has 3 aromatic carbocycles. The smallest absolute Gasteiger partial charge is 0.251 e. The fourth-order valence-electron chi connectivity index (χ4n) is 2.89. The summed E-state index contributed by atoms with van der Waals surface area (Å²) >= 11 is 1.50. The van der Waals surface area contributed by atoms with E-state index in [2.05, 4.69) is 10.6 Å². The number of carbonyl (C=O) groups is 2. The molecule has 4 nitrogen and oxygen atoms in total. The van der Waals surface area contributed by atoms with Gasteiger partial charge in [0.2, 0.25) is 5.91 Å². The molecule has 2 N–H and O–H groups in total. The topological polar surface area (TPSA) is 58.2 Å². The third-order valence-corrected chi connectivity index (χ3v) is 5.70. The molecule has 148 valence electrons. The van der Waals surface area contributed by atoms with Gasteiger partial charge in [-0.1, -0.05) is 54.6 Å². The maximum atomic E-state index is 13.2. The summed E-state index contributed by atoms with van der Waals surface area (Å²) in [6.45, 7) is 4.34. The summed E-state index contributed by atoms with van der Waals surface area (Å²) in [7, 11) is 0. The highest BCUT2D eigenvalue weighted by molar-refractivity contribution is 8.00. The summed E-state index contributed by atoms with van der Waals surface area (Å²) in [5, 5.41) is 5.40. The second-order valence-electron chi connectivity index (χ2n) is 6.60. The molecule has 0 aliphatic carbocycles. The summed E-state index contributed by atoms with van der Waals surface area (Å²) in [6, 6.07) is 24.9. The Morgan fingerprint density at radius 2 is 1.59 bits per heavy atom. The van der Waals surface area contributed by atoms with Gasteiger partial charge in [0.05, 0.1) is 0 Å². The van der Waals surface area contributed by atoms with Crippen molar-refractivity contribution in [3.8, 4) is 0 Å². The molecule has 1 atom stereocenters. The average Bonchev–Trinajstić information content (AvgIpc) is 2.75. The minimum atomic E-state index is -0.411. The largest absolute Gasteiger partial charge is 0.352 e. The van der Waals surface area contributed by atoms with Crippen molar-refractivity contribution in [2.75, 3.05) is 11.9 Å². The lowest BCUT2D eigenvalue weighted by Gasteiger charge is -2.18. The number of rotatable bonds is 7. The number of hydrogen-bond donors (Lipinski definition) is 2. The van der Waals surface area contributed by atoms with Gasteiger partial charge in [0.15, 0.2) is 0 Å². The van der Waals surface area contributed by atoms with Gasteiger partial charge < -0.3 is 10.6 Å². The lowest BCUT2D eigenvalue weighted by molar-refractivity contribution is -0.115. The molecule has 1 unspecified atom stereocenters. The fourth-order valence-corrected chi connectivity index (χ4v) is 3.94. The Labute approximate surface area is 175 Å². The van der Waals surface area contributed by atoms with Crippen LogP contribution in [0.15, 0.2) is 83.8 Å². The third-order valence-electron chi connectivity index (χ3n) is 4.43. The van der Waals surface area contributed by atoms with Crippen molar-refractivity contribution in [2.45, 2.75) is 24.0 Å². The Morgan fingerprint density at radius 1 is 0.931 bits per heavy atom. The van der Waals surface area contributed by atoms with Gasteiger partial charge in [0, 0.05) is 22.7 Å². The van der Waals surface area contributed by atoms with E-state index >= 15 is 0 Å². The van der Waals surface area contributed by atoms with Gasteiger partial charge in [-0.25, -0.2) is 0 Å². The molecule has 3 rings (SSSR count). The third kappa shape index (κ3) is 5.48. The summed E-state index contributed by atoms with van der Waals surface area (Å²) < 4.78 is 0. The van der Waals surface area contributed by atoms with E-state index in [1.165, 1.54) is 11.8 Å².